The third kappa shape index (κ3) is 4.79. The Morgan fingerprint density at radius 1 is 1.22 bits per heavy atom. The normalized spacial score (nSPS) is 14.1. The summed E-state index contributed by atoms with van der Waals surface area (Å²) < 4.78 is 15.4. The Balaban J connectivity index is 2.28. The molecule has 0 bridgehead atoms. The molecule has 0 atom stereocenters. The highest BCUT2D eigenvalue weighted by Gasteiger charge is 2.25. The van der Waals surface area contributed by atoms with Gasteiger partial charge < -0.3 is 19.1 Å². The Kier molecular flexibility index (Phi) is 6.11. The van der Waals surface area contributed by atoms with Gasteiger partial charge in [-0.05, 0) is 50.5 Å². The van der Waals surface area contributed by atoms with Crippen molar-refractivity contribution in [1.29, 1.82) is 5.26 Å². The lowest BCUT2D eigenvalue weighted by atomic mass is 9.95. The van der Waals surface area contributed by atoms with Crippen molar-refractivity contribution < 1.29 is 23.8 Å². The molecule has 0 saturated carbocycles. The molecule has 2 rings (SSSR count). The van der Waals surface area contributed by atoms with E-state index in [1.807, 2.05) is 32.9 Å². The largest absolute Gasteiger partial charge is 0.496 e. The first kappa shape index (κ1) is 20.3. The Bertz CT molecular complexity index is 815. The number of hydrogen-bond acceptors (Lipinski definition) is 6. The predicted molar refractivity (Wildman–Crippen MR) is 99.4 cm³/mol. The summed E-state index contributed by atoms with van der Waals surface area (Å²) in [5.41, 5.74) is 1.51. The van der Waals surface area contributed by atoms with Crippen LogP contribution in [-0.4, -0.2) is 49.9 Å². The van der Waals surface area contributed by atoms with E-state index in [4.69, 9.17) is 14.2 Å². The van der Waals surface area contributed by atoms with Crippen molar-refractivity contribution in [2.24, 2.45) is 0 Å². The zero-order valence-corrected chi connectivity index (χ0v) is 16.3. The number of esters is 1. The molecule has 1 heterocycles. The van der Waals surface area contributed by atoms with Crippen LogP contribution in [-0.2, 0) is 9.47 Å². The molecule has 27 heavy (non-hydrogen) atoms. The van der Waals surface area contributed by atoms with Crippen LogP contribution in [0.1, 0.15) is 48.7 Å². The SMILES string of the molecule is COC(=O)c1c(C#N)cc(C2=CCN(C(=O)OC(C)(C)C)CC2)cc1OC. The van der Waals surface area contributed by atoms with Crippen LogP contribution in [0.3, 0.4) is 0 Å². The zero-order valence-electron chi connectivity index (χ0n) is 16.3. The van der Waals surface area contributed by atoms with Gasteiger partial charge in [-0.2, -0.15) is 5.26 Å². The molecule has 1 amide bonds. The highest BCUT2D eigenvalue weighted by atomic mass is 16.6. The standard InChI is InChI=1S/C20H24N2O5/c1-20(2,3)27-19(24)22-8-6-13(7-9-22)14-10-15(12-21)17(18(23)26-5)16(11-14)25-4/h6,10-11H,7-9H2,1-5H3. The maximum absolute atomic E-state index is 12.2. The Hall–Kier alpha value is -3.01. The Morgan fingerprint density at radius 3 is 2.41 bits per heavy atom. The first-order chi connectivity index (χ1) is 12.7. The van der Waals surface area contributed by atoms with E-state index in [0.717, 1.165) is 11.1 Å². The van der Waals surface area contributed by atoms with Crippen LogP contribution >= 0.6 is 0 Å². The van der Waals surface area contributed by atoms with E-state index >= 15 is 0 Å². The van der Waals surface area contributed by atoms with Crippen LogP contribution in [0.25, 0.3) is 5.57 Å². The average molecular weight is 372 g/mol. The lowest BCUT2D eigenvalue weighted by Crippen LogP contribution is -2.39. The fourth-order valence-corrected chi connectivity index (χ4v) is 2.79. The van der Waals surface area contributed by atoms with Gasteiger partial charge in [-0.3, -0.25) is 0 Å². The van der Waals surface area contributed by atoms with Crippen LogP contribution in [0, 0.1) is 11.3 Å². The molecule has 0 aromatic heterocycles. The molecular formula is C20H24N2O5. The number of amides is 1. The van der Waals surface area contributed by atoms with Crippen LogP contribution in [0.2, 0.25) is 0 Å². The maximum atomic E-state index is 12.2. The molecule has 1 aliphatic heterocycles. The summed E-state index contributed by atoms with van der Waals surface area (Å²) in [5.74, 6) is -0.338. The van der Waals surface area contributed by atoms with Gasteiger partial charge in [-0.25, -0.2) is 9.59 Å². The van der Waals surface area contributed by atoms with Gasteiger partial charge in [0.2, 0.25) is 0 Å². The fourth-order valence-electron chi connectivity index (χ4n) is 2.79. The van der Waals surface area contributed by atoms with E-state index in [9.17, 15) is 14.9 Å². The number of carbonyl (C=O) groups is 2. The molecule has 7 heteroatoms. The fraction of sp³-hybridized carbons (Fsp3) is 0.450. The monoisotopic (exact) mass is 372 g/mol. The quantitative estimate of drug-likeness (QED) is 0.756. The number of carbonyl (C=O) groups excluding carboxylic acids is 2. The molecule has 0 unspecified atom stereocenters. The second-order valence-electron chi connectivity index (χ2n) is 7.11. The molecular weight excluding hydrogens is 348 g/mol. The van der Waals surface area contributed by atoms with E-state index in [1.165, 1.54) is 14.2 Å². The minimum absolute atomic E-state index is 0.109. The second-order valence-corrected chi connectivity index (χ2v) is 7.11. The number of ether oxygens (including phenoxy) is 3. The molecule has 0 aliphatic carbocycles. The molecule has 0 N–H and O–H groups in total. The predicted octanol–water partition coefficient (Wildman–Crippen LogP) is 3.38. The molecule has 0 radical (unpaired) electrons. The highest BCUT2D eigenvalue weighted by molar-refractivity contribution is 5.96. The molecule has 0 fully saturated rings. The number of hydrogen-bond donors (Lipinski definition) is 0. The third-order valence-corrected chi connectivity index (χ3v) is 4.06. The first-order valence-corrected chi connectivity index (χ1v) is 8.58. The number of nitrogens with zero attached hydrogens (tertiary/aromatic N) is 2. The van der Waals surface area contributed by atoms with E-state index in [-0.39, 0.29) is 23.0 Å². The highest BCUT2D eigenvalue weighted by Crippen LogP contribution is 2.31. The van der Waals surface area contributed by atoms with Gasteiger partial charge in [-0.1, -0.05) is 6.08 Å². The van der Waals surface area contributed by atoms with Gasteiger partial charge in [0.05, 0.1) is 19.8 Å². The maximum Gasteiger partial charge on any atom is 0.410 e. The number of nitriles is 1. The van der Waals surface area contributed by atoms with Gasteiger partial charge in [0, 0.05) is 13.1 Å². The third-order valence-electron chi connectivity index (χ3n) is 4.06. The van der Waals surface area contributed by atoms with E-state index in [0.29, 0.717) is 19.5 Å². The molecule has 144 valence electrons. The lowest BCUT2D eigenvalue weighted by molar-refractivity contribution is 0.0270. The first-order valence-electron chi connectivity index (χ1n) is 8.58. The van der Waals surface area contributed by atoms with Crippen molar-refractivity contribution in [3.8, 4) is 11.8 Å². The van der Waals surface area contributed by atoms with Crippen molar-refractivity contribution in [1.82, 2.24) is 4.90 Å². The summed E-state index contributed by atoms with van der Waals surface area (Å²) in [6.07, 6.45) is 2.17. The summed E-state index contributed by atoms with van der Waals surface area (Å²) >= 11 is 0. The summed E-state index contributed by atoms with van der Waals surface area (Å²) in [6, 6.07) is 5.38. The molecule has 7 nitrogen and oxygen atoms in total. The second kappa shape index (κ2) is 8.12. The molecule has 0 spiro atoms. The van der Waals surface area contributed by atoms with E-state index in [2.05, 4.69) is 0 Å². The minimum atomic E-state index is -0.622. The molecule has 0 saturated heterocycles. The van der Waals surface area contributed by atoms with Crippen LogP contribution < -0.4 is 4.74 Å². The summed E-state index contributed by atoms with van der Waals surface area (Å²) in [7, 11) is 2.69. The van der Waals surface area contributed by atoms with Gasteiger partial charge in [0.1, 0.15) is 23.0 Å². The number of methoxy groups -OCH3 is 2. The van der Waals surface area contributed by atoms with Crippen LogP contribution in [0.5, 0.6) is 5.75 Å². The molecule has 1 aromatic carbocycles. The molecule has 1 aliphatic rings. The van der Waals surface area contributed by atoms with Crippen molar-refractivity contribution in [3.05, 3.63) is 34.9 Å². The smallest absolute Gasteiger partial charge is 0.410 e. The van der Waals surface area contributed by atoms with Gasteiger partial charge in [-0.15, -0.1) is 0 Å². The van der Waals surface area contributed by atoms with Crippen LogP contribution in [0.4, 0.5) is 4.79 Å². The van der Waals surface area contributed by atoms with Gasteiger partial charge in [0.25, 0.3) is 0 Å². The van der Waals surface area contributed by atoms with E-state index < -0.39 is 11.6 Å². The van der Waals surface area contributed by atoms with Crippen molar-refractivity contribution in [2.45, 2.75) is 32.8 Å². The summed E-state index contributed by atoms with van der Waals surface area (Å²) in [6.45, 7) is 6.40. The number of rotatable bonds is 3. The number of benzene rings is 1. The topological polar surface area (TPSA) is 88.9 Å². The van der Waals surface area contributed by atoms with Crippen molar-refractivity contribution in [2.75, 3.05) is 27.3 Å². The zero-order chi connectivity index (χ0) is 20.2. The van der Waals surface area contributed by atoms with Crippen molar-refractivity contribution >= 4 is 17.6 Å². The van der Waals surface area contributed by atoms with Crippen molar-refractivity contribution in [3.63, 3.8) is 0 Å². The summed E-state index contributed by atoms with van der Waals surface area (Å²) in [4.78, 5) is 25.8. The summed E-state index contributed by atoms with van der Waals surface area (Å²) in [5, 5.41) is 9.43. The average Bonchev–Trinajstić information content (AvgIpc) is 2.64. The Labute approximate surface area is 159 Å². The van der Waals surface area contributed by atoms with Crippen LogP contribution in [0.15, 0.2) is 18.2 Å². The molecule has 1 aromatic rings. The van der Waals surface area contributed by atoms with E-state index in [1.54, 1.807) is 17.0 Å². The van der Waals surface area contributed by atoms with Gasteiger partial charge >= 0.3 is 12.1 Å². The lowest BCUT2D eigenvalue weighted by Gasteiger charge is -2.29. The van der Waals surface area contributed by atoms with Gasteiger partial charge in [0.15, 0.2) is 0 Å². The Morgan fingerprint density at radius 2 is 1.93 bits per heavy atom. The minimum Gasteiger partial charge on any atom is -0.496 e.